The smallest absolute Gasteiger partial charge is 0.418 e. The number of hydrogen-bond donors (Lipinski definition) is 2. The summed E-state index contributed by atoms with van der Waals surface area (Å²) in [7, 11) is 0. The second-order valence-electron chi connectivity index (χ2n) is 6.53. The quantitative estimate of drug-likeness (QED) is 0.852. The third kappa shape index (κ3) is 4.21. The van der Waals surface area contributed by atoms with Crippen molar-refractivity contribution in [1.29, 1.82) is 0 Å². The first-order chi connectivity index (χ1) is 12.8. The van der Waals surface area contributed by atoms with Gasteiger partial charge in [-0.05, 0) is 50.1 Å². The third-order valence-electron chi connectivity index (χ3n) is 4.57. The number of halogens is 3. The fraction of sp³-hybridized carbons (Fsp3) is 0.368. The van der Waals surface area contributed by atoms with Gasteiger partial charge in [0.15, 0.2) is 0 Å². The van der Waals surface area contributed by atoms with Crippen LogP contribution in [-0.4, -0.2) is 19.0 Å². The normalized spacial score (nSPS) is 17.6. The molecular weight excluding hydrogens is 361 g/mol. The molecule has 1 atom stereocenters. The minimum Gasteiger partial charge on any atom is -0.427 e. The molecule has 1 unspecified atom stereocenters. The van der Waals surface area contributed by atoms with E-state index in [0.29, 0.717) is 17.9 Å². The van der Waals surface area contributed by atoms with Crippen molar-refractivity contribution in [1.82, 2.24) is 5.32 Å². The summed E-state index contributed by atoms with van der Waals surface area (Å²) in [4.78, 5) is 24.8. The molecule has 5 nitrogen and oxygen atoms in total. The topological polar surface area (TPSA) is 71.3 Å². The van der Waals surface area contributed by atoms with Crippen LogP contribution in [0, 0.1) is 6.92 Å². The number of aryl methyl sites for hydroxylation is 1. The zero-order chi connectivity index (χ0) is 19.6. The van der Waals surface area contributed by atoms with E-state index in [-0.39, 0.29) is 11.5 Å². The molecule has 1 aromatic carbocycles. The SMILES string of the molecule is Cc1cc(C2CCCNC2)oc(=O)c1C(=O)Nc1ccccc1C(F)(F)F. The number of para-hydroxylation sites is 1. The summed E-state index contributed by atoms with van der Waals surface area (Å²) in [6.07, 6.45) is -2.81. The zero-order valence-corrected chi connectivity index (χ0v) is 14.7. The van der Waals surface area contributed by atoms with E-state index >= 15 is 0 Å². The van der Waals surface area contributed by atoms with Crippen molar-refractivity contribution in [3.8, 4) is 0 Å². The van der Waals surface area contributed by atoms with E-state index in [1.807, 2.05) is 0 Å². The second-order valence-corrected chi connectivity index (χ2v) is 6.53. The lowest BCUT2D eigenvalue weighted by Crippen LogP contribution is -2.30. The van der Waals surface area contributed by atoms with Gasteiger partial charge in [-0.25, -0.2) is 4.79 Å². The van der Waals surface area contributed by atoms with Gasteiger partial charge in [0.2, 0.25) is 0 Å². The predicted octanol–water partition coefficient (Wildman–Crippen LogP) is 3.69. The van der Waals surface area contributed by atoms with Gasteiger partial charge < -0.3 is 15.1 Å². The molecule has 1 amide bonds. The maximum atomic E-state index is 13.1. The summed E-state index contributed by atoms with van der Waals surface area (Å²) in [5.74, 6) is -0.406. The molecule has 2 heterocycles. The number of carbonyl (C=O) groups excluding carboxylic acids is 1. The fourth-order valence-corrected chi connectivity index (χ4v) is 3.23. The van der Waals surface area contributed by atoms with E-state index in [1.165, 1.54) is 12.1 Å². The van der Waals surface area contributed by atoms with Crippen LogP contribution in [0.1, 0.15) is 46.0 Å². The lowest BCUT2D eigenvalue weighted by atomic mass is 9.95. The Morgan fingerprint density at radius 2 is 2.04 bits per heavy atom. The third-order valence-corrected chi connectivity index (χ3v) is 4.57. The van der Waals surface area contributed by atoms with Crippen molar-refractivity contribution in [2.75, 3.05) is 18.4 Å². The summed E-state index contributed by atoms with van der Waals surface area (Å²) >= 11 is 0. The van der Waals surface area contributed by atoms with Gasteiger partial charge in [0.05, 0.1) is 11.3 Å². The number of carbonyl (C=O) groups is 1. The molecule has 144 valence electrons. The first-order valence-corrected chi connectivity index (χ1v) is 8.60. The van der Waals surface area contributed by atoms with E-state index in [0.717, 1.165) is 31.5 Å². The molecular formula is C19H19F3N2O3. The summed E-state index contributed by atoms with van der Waals surface area (Å²) in [5, 5.41) is 5.40. The van der Waals surface area contributed by atoms with Crippen LogP contribution in [0.2, 0.25) is 0 Å². The van der Waals surface area contributed by atoms with Crippen molar-refractivity contribution in [3.63, 3.8) is 0 Å². The summed E-state index contributed by atoms with van der Waals surface area (Å²) < 4.78 is 44.5. The van der Waals surface area contributed by atoms with Gasteiger partial charge in [0.25, 0.3) is 5.91 Å². The molecule has 1 saturated heterocycles. The van der Waals surface area contributed by atoms with Crippen molar-refractivity contribution >= 4 is 11.6 Å². The molecule has 1 aliphatic heterocycles. The number of rotatable bonds is 3. The number of piperidine rings is 1. The molecule has 0 saturated carbocycles. The average Bonchev–Trinajstić information content (AvgIpc) is 2.61. The molecule has 3 rings (SSSR count). The highest BCUT2D eigenvalue weighted by atomic mass is 19.4. The maximum Gasteiger partial charge on any atom is 0.418 e. The Morgan fingerprint density at radius 3 is 2.67 bits per heavy atom. The lowest BCUT2D eigenvalue weighted by Gasteiger charge is -2.22. The van der Waals surface area contributed by atoms with Crippen LogP contribution >= 0.6 is 0 Å². The zero-order valence-electron chi connectivity index (χ0n) is 14.7. The van der Waals surface area contributed by atoms with Gasteiger partial charge >= 0.3 is 11.8 Å². The van der Waals surface area contributed by atoms with Crippen molar-refractivity contribution < 1.29 is 22.4 Å². The Bertz CT molecular complexity index is 900. The maximum absolute atomic E-state index is 13.1. The average molecular weight is 380 g/mol. The summed E-state index contributed by atoms with van der Waals surface area (Å²) in [6.45, 7) is 3.15. The number of hydrogen-bond acceptors (Lipinski definition) is 4. The van der Waals surface area contributed by atoms with Crippen LogP contribution in [-0.2, 0) is 6.18 Å². The number of anilines is 1. The molecule has 2 aromatic rings. The summed E-state index contributed by atoms with van der Waals surface area (Å²) in [5.41, 5.74) is -2.16. The lowest BCUT2D eigenvalue weighted by molar-refractivity contribution is -0.136. The largest absolute Gasteiger partial charge is 0.427 e. The van der Waals surface area contributed by atoms with Crippen molar-refractivity contribution in [3.05, 3.63) is 63.2 Å². The summed E-state index contributed by atoms with van der Waals surface area (Å²) in [6, 6.07) is 6.22. The van der Waals surface area contributed by atoms with Gasteiger partial charge in [0.1, 0.15) is 11.3 Å². The highest BCUT2D eigenvalue weighted by Crippen LogP contribution is 2.34. The molecule has 2 N–H and O–H groups in total. The van der Waals surface area contributed by atoms with E-state index in [1.54, 1.807) is 13.0 Å². The standard InChI is InChI=1S/C19H19F3N2O3/c1-11-9-15(12-5-4-8-23-10-12)27-18(26)16(11)17(25)24-14-7-3-2-6-13(14)19(20,21)22/h2-3,6-7,9,12,23H,4-5,8,10H2,1H3,(H,24,25). The molecule has 8 heteroatoms. The molecule has 0 bridgehead atoms. The van der Waals surface area contributed by atoms with Gasteiger partial charge in [0, 0.05) is 12.5 Å². The number of benzene rings is 1. The Balaban J connectivity index is 1.89. The molecule has 1 aromatic heterocycles. The minimum atomic E-state index is -4.62. The second kappa shape index (κ2) is 7.56. The molecule has 0 spiro atoms. The van der Waals surface area contributed by atoms with Gasteiger partial charge in [-0.2, -0.15) is 13.2 Å². The van der Waals surface area contributed by atoms with Gasteiger partial charge in [-0.15, -0.1) is 0 Å². The molecule has 0 radical (unpaired) electrons. The van der Waals surface area contributed by atoms with E-state index < -0.39 is 29.0 Å². The monoisotopic (exact) mass is 380 g/mol. The van der Waals surface area contributed by atoms with Gasteiger partial charge in [-0.1, -0.05) is 12.1 Å². The van der Waals surface area contributed by atoms with Crippen LogP contribution in [0.4, 0.5) is 18.9 Å². The van der Waals surface area contributed by atoms with Gasteiger partial charge in [-0.3, -0.25) is 4.79 Å². The highest BCUT2D eigenvalue weighted by Gasteiger charge is 2.34. The van der Waals surface area contributed by atoms with Crippen LogP contribution < -0.4 is 16.3 Å². The van der Waals surface area contributed by atoms with E-state index in [2.05, 4.69) is 10.6 Å². The first-order valence-electron chi connectivity index (χ1n) is 8.60. The minimum absolute atomic E-state index is 0.0354. The first kappa shape index (κ1) is 19.2. The Kier molecular flexibility index (Phi) is 5.36. The Hall–Kier alpha value is -2.61. The highest BCUT2D eigenvalue weighted by molar-refractivity contribution is 6.05. The molecule has 0 aliphatic carbocycles. The van der Waals surface area contributed by atoms with Crippen LogP contribution in [0.5, 0.6) is 0 Å². The fourth-order valence-electron chi connectivity index (χ4n) is 3.23. The van der Waals surface area contributed by atoms with Crippen LogP contribution in [0.25, 0.3) is 0 Å². The number of nitrogens with one attached hydrogen (secondary N) is 2. The molecule has 1 fully saturated rings. The van der Waals surface area contributed by atoms with Crippen molar-refractivity contribution in [2.45, 2.75) is 31.9 Å². The number of amides is 1. The van der Waals surface area contributed by atoms with E-state index in [4.69, 9.17) is 4.42 Å². The molecule has 1 aliphatic rings. The van der Waals surface area contributed by atoms with Crippen LogP contribution in [0.3, 0.4) is 0 Å². The van der Waals surface area contributed by atoms with E-state index in [9.17, 15) is 22.8 Å². The Labute approximate surface area is 153 Å². The van der Waals surface area contributed by atoms with Crippen molar-refractivity contribution in [2.24, 2.45) is 0 Å². The Morgan fingerprint density at radius 1 is 1.30 bits per heavy atom. The van der Waals surface area contributed by atoms with Crippen LogP contribution in [0.15, 0.2) is 39.5 Å². The predicted molar refractivity (Wildman–Crippen MR) is 94.0 cm³/mol. The molecule has 27 heavy (non-hydrogen) atoms. The number of alkyl halides is 3.